The van der Waals surface area contributed by atoms with Gasteiger partial charge in [0.1, 0.15) is 0 Å². The fourth-order valence-electron chi connectivity index (χ4n) is 4.63. The van der Waals surface area contributed by atoms with E-state index in [9.17, 15) is 0 Å². The van der Waals surface area contributed by atoms with Crippen LogP contribution in [0.3, 0.4) is 0 Å². The molecule has 18 heavy (non-hydrogen) atoms. The van der Waals surface area contributed by atoms with Crippen molar-refractivity contribution < 1.29 is 0 Å². The molecule has 2 aliphatic carbocycles. The summed E-state index contributed by atoms with van der Waals surface area (Å²) in [5.41, 5.74) is 5.97. The summed E-state index contributed by atoms with van der Waals surface area (Å²) >= 11 is 0. The zero-order chi connectivity index (χ0) is 12.4. The molecule has 1 heteroatoms. The predicted molar refractivity (Wildman–Crippen MR) is 74.8 cm³/mol. The number of rotatable bonds is 0. The molecule has 0 saturated heterocycles. The van der Waals surface area contributed by atoms with Crippen molar-refractivity contribution in [3.8, 4) is 0 Å². The lowest BCUT2D eigenvalue weighted by Gasteiger charge is -2.45. The molecule has 1 aromatic rings. The van der Waals surface area contributed by atoms with Crippen LogP contribution in [-0.4, -0.2) is 6.54 Å². The Bertz CT molecular complexity index is 496. The van der Waals surface area contributed by atoms with Gasteiger partial charge in [0.25, 0.3) is 0 Å². The molecule has 1 N–H and O–H groups in total. The Hall–Kier alpha value is -0.820. The van der Waals surface area contributed by atoms with Crippen molar-refractivity contribution in [2.75, 3.05) is 6.54 Å². The third-order valence-electron chi connectivity index (χ3n) is 6.08. The Balaban J connectivity index is 1.95. The first-order valence-electron chi connectivity index (χ1n) is 7.47. The molecule has 0 aromatic heterocycles. The maximum Gasteiger partial charge on any atom is 0.0208 e. The lowest BCUT2D eigenvalue weighted by atomic mass is 9.59. The van der Waals surface area contributed by atoms with E-state index in [0.717, 1.165) is 12.5 Å². The molecule has 1 spiro atoms. The molecule has 1 aromatic carbocycles. The van der Waals surface area contributed by atoms with Crippen LogP contribution in [0.5, 0.6) is 0 Å². The summed E-state index contributed by atoms with van der Waals surface area (Å²) < 4.78 is 0. The van der Waals surface area contributed by atoms with E-state index in [1.807, 2.05) is 0 Å². The van der Waals surface area contributed by atoms with E-state index in [-0.39, 0.29) is 0 Å². The smallest absolute Gasteiger partial charge is 0.0208 e. The minimum absolute atomic E-state index is 0.388. The van der Waals surface area contributed by atoms with E-state index in [2.05, 4.69) is 37.4 Å². The number of benzene rings is 1. The van der Waals surface area contributed by atoms with E-state index in [4.69, 9.17) is 0 Å². The Morgan fingerprint density at radius 3 is 2.83 bits per heavy atom. The quantitative estimate of drug-likeness (QED) is 0.730. The molecule has 1 heterocycles. The molecule has 4 rings (SSSR count). The van der Waals surface area contributed by atoms with Crippen LogP contribution >= 0.6 is 0 Å². The molecule has 96 valence electrons. The molecule has 0 amide bonds. The lowest BCUT2D eigenvalue weighted by molar-refractivity contribution is 0.224. The van der Waals surface area contributed by atoms with Crippen LogP contribution in [0, 0.1) is 5.41 Å². The molecular formula is C17H23N. The SMILES string of the molecule is CC1(C)c2cccc3c2[C@H](CCNC3)CC12CC2. The summed E-state index contributed by atoms with van der Waals surface area (Å²) in [5, 5.41) is 3.60. The van der Waals surface area contributed by atoms with Gasteiger partial charge in [0, 0.05) is 6.54 Å². The molecule has 3 aliphatic rings. The van der Waals surface area contributed by atoms with Gasteiger partial charge in [-0.15, -0.1) is 0 Å². The van der Waals surface area contributed by atoms with Gasteiger partial charge < -0.3 is 5.32 Å². The lowest BCUT2D eigenvalue weighted by Crippen LogP contribution is -2.37. The summed E-state index contributed by atoms with van der Waals surface area (Å²) in [5.74, 6) is 0.821. The maximum atomic E-state index is 3.60. The van der Waals surface area contributed by atoms with Crippen LogP contribution in [0.15, 0.2) is 18.2 Å². The van der Waals surface area contributed by atoms with Gasteiger partial charge >= 0.3 is 0 Å². The molecule has 1 atom stereocenters. The third-order valence-corrected chi connectivity index (χ3v) is 6.08. The largest absolute Gasteiger partial charge is 0.313 e. The van der Waals surface area contributed by atoms with Gasteiger partial charge in [0.2, 0.25) is 0 Å². The highest BCUT2D eigenvalue weighted by Crippen LogP contribution is 2.67. The van der Waals surface area contributed by atoms with Gasteiger partial charge in [-0.3, -0.25) is 0 Å². The molecule has 1 saturated carbocycles. The number of nitrogens with one attached hydrogen (secondary N) is 1. The molecule has 1 nitrogen and oxygen atoms in total. The summed E-state index contributed by atoms with van der Waals surface area (Å²) in [6.45, 7) is 7.24. The van der Waals surface area contributed by atoms with Gasteiger partial charge in [0.05, 0.1) is 0 Å². The van der Waals surface area contributed by atoms with E-state index >= 15 is 0 Å². The van der Waals surface area contributed by atoms with Crippen LogP contribution < -0.4 is 5.32 Å². The van der Waals surface area contributed by atoms with E-state index in [0.29, 0.717) is 10.8 Å². The highest BCUT2D eigenvalue weighted by atomic mass is 14.9. The van der Waals surface area contributed by atoms with Crippen LogP contribution in [0.25, 0.3) is 0 Å². The van der Waals surface area contributed by atoms with E-state index in [1.54, 1.807) is 16.7 Å². The van der Waals surface area contributed by atoms with Crippen LogP contribution in [0.2, 0.25) is 0 Å². The van der Waals surface area contributed by atoms with Crippen LogP contribution in [0.1, 0.15) is 62.1 Å². The Kier molecular flexibility index (Phi) is 2.08. The second-order valence-corrected chi connectivity index (χ2v) is 7.15. The van der Waals surface area contributed by atoms with Crippen molar-refractivity contribution >= 4 is 0 Å². The molecule has 0 bridgehead atoms. The zero-order valence-corrected chi connectivity index (χ0v) is 11.6. The third kappa shape index (κ3) is 1.26. The highest BCUT2D eigenvalue weighted by Gasteiger charge is 2.58. The topological polar surface area (TPSA) is 12.0 Å². The summed E-state index contributed by atoms with van der Waals surface area (Å²) in [6, 6.07) is 7.03. The van der Waals surface area contributed by atoms with Crippen molar-refractivity contribution in [1.29, 1.82) is 0 Å². The fourth-order valence-corrected chi connectivity index (χ4v) is 4.63. The molecule has 1 fully saturated rings. The minimum Gasteiger partial charge on any atom is -0.313 e. The van der Waals surface area contributed by atoms with Gasteiger partial charge in [-0.25, -0.2) is 0 Å². The molecule has 0 unspecified atom stereocenters. The Morgan fingerprint density at radius 2 is 2.06 bits per heavy atom. The van der Waals surface area contributed by atoms with Crippen LogP contribution in [-0.2, 0) is 12.0 Å². The number of hydrogen-bond acceptors (Lipinski definition) is 1. The van der Waals surface area contributed by atoms with Crippen molar-refractivity contribution in [1.82, 2.24) is 5.32 Å². The molecule has 1 aliphatic heterocycles. The summed E-state index contributed by atoms with van der Waals surface area (Å²) in [7, 11) is 0. The monoisotopic (exact) mass is 241 g/mol. The van der Waals surface area contributed by atoms with Crippen molar-refractivity contribution in [2.24, 2.45) is 5.41 Å². The first-order valence-corrected chi connectivity index (χ1v) is 7.47. The first kappa shape index (κ1) is 11.0. The zero-order valence-electron chi connectivity index (χ0n) is 11.6. The average Bonchev–Trinajstić information content (AvgIpc) is 3.14. The second-order valence-electron chi connectivity index (χ2n) is 7.15. The number of hydrogen-bond donors (Lipinski definition) is 1. The van der Waals surface area contributed by atoms with Gasteiger partial charge in [-0.05, 0) is 65.7 Å². The van der Waals surface area contributed by atoms with E-state index < -0.39 is 0 Å². The Morgan fingerprint density at radius 1 is 1.22 bits per heavy atom. The standard InChI is InChI=1S/C17H23N/c1-16(2)14-5-3-4-13-11-18-9-6-12(15(13)14)10-17(16)7-8-17/h3-5,12,18H,6-11H2,1-2H3/t12-/m1/s1. The van der Waals surface area contributed by atoms with Crippen molar-refractivity contribution in [3.63, 3.8) is 0 Å². The van der Waals surface area contributed by atoms with Gasteiger partial charge in [-0.1, -0.05) is 32.0 Å². The molecule has 0 radical (unpaired) electrons. The predicted octanol–water partition coefficient (Wildman–Crippen LogP) is 3.73. The van der Waals surface area contributed by atoms with Gasteiger partial charge in [0.15, 0.2) is 0 Å². The maximum absolute atomic E-state index is 3.60. The Labute approximate surface area is 110 Å². The van der Waals surface area contributed by atoms with E-state index in [1.165, 1.54) is 32.2 Å². The fraction of sp³-hybridized carbons (Fsp3) is 0.647. The van der Waals surface area contributed by atoms with Crippen molar-refractivity contribution in [3.05, 3.63) is 34.9 Å². The highest BCUT2D eigenvalue weighted by molar-refractivity contribution is 5.48. The van der Waals surface area contributed by atoms with Crippen molar-refractivity contribution in [2.45, 2.75) is 57.4 Å². The minimum atomic E-state index is 0.388. The average molecular weight is 241 g/mol. The summed E-state index contributed by atoms with van der Waals surface area (Å²) in [6.07, 6.45) is 5.68. The normalized spacial score (nSPS) is 30.7. The summed E-state index contributed by atoms with van der Waals surface area (Å²) in [4.78, 5) is 0. The first-order chi connectivity index (χ1) is 8.64. The molecular weight excluding hydrogens is 218 g/mol. The second kappa shape index (κ2) is 3.39. The van der Waals surface area contributed by atoms with Gasteiger partial charge in [-0.2, -0.15) is 0 Å². The van der Waals surface area contributed by atoms with Crippen LogP contribution in [0.4, 0.5) is 0 Å².